The third kappa shape index (κ3) is 2.20. The number of hydrogen-bond donors (Lipinski definition) is 2. The molecule has 0 bridgehead atoms. The number of hydrogen-bond acceptors (Lipinski definition) is 3. The fourth-order valence-electron chi connectivity index (χ4n) is 3.38. The maximum absolute atomic E-state index is 11.6. The molecule has 2 aliphatic rings. The summed E-state index contributed by atoms with van der Waals surface area (Å²) in [5.74, 6) is 1.35. The molecule has 4 atom stereocenters. The first-order chi connectivity index (χ1) is 7.98. The molecule has 1 saturated carbocycles. The lowest BCUT2D eigenvalue weighted by Crippen LogP contribution is -2.53. The molecule has 4 unspecified atom stereocenters. The zero-order valence-electron chi connectivity index (χ0n) is 11.2. The second kappa shape index (κ2) is 4.58. The van der Waals surface area contributed by atoms with Crippen molar-refractivity contribution in [2.75, 3.05) is 20.1 Å². The first kappa shape index (κ1) is 12.8. The lowest BCUT2D eigenvalue weighted by Gasteiger charge is -2.28. The molecular formula is C13H25N3O. The molecule has 1 amide bonds. The van der Waals surface area contributed by atoms with Crippen molar-refractivity contribution in [1.82, 2.24) is 10.2 Å². The number of nitrogens with two attached hydrogens (primary N) is 1. The summed E-state index contributed by atoms with van der Waals surface area (Å²) in [5.41, 5.74) is 5.08. The highest BCUT2D eigenvalue weighted by atomic mass is 16.1. The normalized spacial score (nSPS) is 43.1. The molecule has 98 valence electrons. The zero-order valence-corrected chi connectivity index (χ0v) is 11.2. The van der Waals surface area contributed by atoms with Crippen molar-refractivity contribution >= 4 is 5.91 Å². The van der Waals surface area contributed by atoms with Crippen LogP contribution in [-0.2, 0) is 4.79 Å². The van der Waals surface area contributed by atoms with E-state index in [-0.39, 0.29) is 5.91 Å². The standard InChI is InChI=1S/C13H25N3O/c1-9-7-16(8-10(9)2)11-4-5-13(6-11,15-3)12(14)17/h9-11,15H,4-8H2,1-3H3,(H2,14,17). The molecule has 4 heteroatoms. The van der Waals surface area contributed by atoms with Gasteiger partial charge in [0.05, 0.1) is 5.54 Å². The number of primary amides is 1. The molecular weight excluding hydrogens is 214 g/mol. The van der Waals surface area contributed by atoms with Gasteiger partial charge in [0.1, 0.15) is 0 Å². The molecule has 0 radical (unpaired) electrons. The minimum absolute atomic E-state index is 0.192. The molecule has 17 heavy (non-hydrogen) atoms. The molecule has 2 rings (SSSR count). The van der Waals surface area contributed by atoms with Crippen molar-refractivity contribution in [3.05, 3.63) is 0 Å². The zero-order chi connectivity index (χ0) is 12.6. The van der Waals surface area contributed by atoms with E-state index in [0.29, 0.717) is 6.04 Å². The molecule has 0 aromatic heterocycles. The predicted octanol–water partition coefficient (Wildman–Crippen LogP) is 0.570. The largest absolute Gasteiger partial charge is 0.368 e. The summed E-state index contributed by atoms with van der Waals surface area (Å²) in [6.07, 6.45) is 2.84. The Bertz CT molecular complexity index is 297. The van der Waals surface area contributed by atoms with Gasteiger partial charge in [0, 0.05) is 19.1 Å². The Morgan fingerprint density at radius 3 is 2.35 bits per heavy atom. The predicted molar refractivity (Wildman–Crippen MR) is 68.5 cm³/mol. The van der Waals surface area contributed by atoms with Crippen LogP contribution in [0.25, 0.3) is 0 Å². The Labute approximate surface area is 104 Å². The summed E-state index contributed by atoms with van der Waals surface area (Å²) in [6, 6.07) is 0.530. The van der Waals surface area contributed by atoms with Crippen LogP contribution in [0, 0.1) is 11.8 Å². The number of rotatable bonds is 3. The van der Waals surface area contributed by atoms with E-state index in [9.17, 15) is 4.79 Å². The smallest absolute Gasteiger partial charge is 0.237 e. The second-order valence-electron chi connectivity index (χ2n) is 6.00. The average Bonchev–Trinajstić information content (AvgIpc) is 2.84. The molecule has 4 nitrogen and oxygen atoms in total. The van der Waals surface area contributed by atoms with E-state index in [1.165, 1.54) is 13.1 Å². The second-order valence-corrected chi connectivity index (χ2v) is 6.00. The van der Waals surface area contributed by atoms with E-state index < -0.39 is 5.54 Å². The van der Waals surface area contributed by atoms with Gasteiger partial charge in [-0.15, -0.1) is 0 Å². The topological polar surface area (TPSA) is 58.4 Å². The SMILES string of the molecule is CNC1(C(N)=O)CCC(N2CC(C)C(C)C2)C1. The molecule has 2 fully saturated rings. The molecule has 1 aliphatic carbocycles. The fraction of sp³-hybridized carbons (Fsp3) is 0.923. The third-order valence-electron chi connectivity index (χ3n) is 4.97. The van der Waals surface area contributed by atoms with Gasteiger partial charge in [-0.1, -0.05) is 13.8 Å². The van der Waals surface area contributed by atoms with Crippen LogP contribution in [0.5, 0.6) is 0 Å². The Kier molecular flexibility index (Phi) is 3.46. The number of amides is 1. The Morgan fingerprint density at radius 1 is 1.35 bits per heavy atom. The van der Waals surface area contributed by atoms with E-state index in [4.69, 9.17) is 5.73 Å². The van der Waals surface area contributed by atoms with Crippen LogP contribution in [0.2, 0.25) is 0 Å². The van der Waals surface area contributed by atoms with E-state index >= 15 is 0 Å². The van der Waals surface area contributed by atoms with Crippen molar-refractivity contribution < 1.29 is 4.79 Å². The van der Waals surface area contributed by atoms with Crippen LogP contribution in [0.3, 0.4) is 0 Å². The Hall–Kier alpha value is -0.610. The molecule has 1 heterocycles. The first-order valence-corrected chi connectivity index (χ1v) is 6.71. The lowest BCUT2D eigenvalue weighted by molar-refractivity contribution is -0.124. The van der Waals surface area contributed by atoms with Gasteiger partial charge >= 0.3 is 0 Å². The number of nitrogens with zero attached hydrogens (tertiary/aromatic N) is 1. The Morgan fingerprint density at radius 2 is 1.94 bits per heavy atom. The molecule has 3 N–H and O–H groups in total. The van der Waals surface area contributed by atoms with Crippen LogP contribution in [-0.4, -0.2) is 42.5 Å². The van der Waals surface area contributed by atoms with Crippen LogP contribution in [0.4, 0.5) is 0 Å². The summed E-state index contributed by atoms with van der Waals surface area (Å²) >= 11 is 0. The van der Waals surface area contributed by atoms with E-state index in [1.54, 1.807) is 0 Å². The molecule has 1 aliphatic heterocycles. The molecule has 0 spiro atoms. The maximum atomic E-state index is 11.6. The number of nitrogens with one attached hydrogen (secondary N) is 1. The number of carbonyl (C=O) groups is 1. The van der Waals surface area contributed by atoms with Gasteiger partial charge in [-0.05, 0) is 38.1 Å². The molecule has 0 aromatic carbocycles. The minimum atomic E-state index is -0.459. The summed E-state index contributed by atoms with van der Waals surface area (Å²) in [7, 11) is 1.85. The van der Waals surface area contributed by atoms with Gasteiger partial charge in [0.2, 0.25) is 5.91 Å². The van der Waals surface area contributed by atoms with Crippen molar-refractivity contribution in [2.45, 2.75) is 44.7 Å². The summed E-state index contributed by atoms with van der Waals surface area (Å²) in [5, 5.41) is 3.15. The summed E-state index contributed by atoms with van der Waals surface area (Å²) in [6.45, 7) is 6.98. The van der Waals surface area contributed by atoms with Crippen LogP contribution in [0.1, 0.15) is 33.1 Å². The average molecular weight is 239 g/mol. The van der Waals surface area contributed by atoms with Gasteiger partial charge in [0.15, 0.2) is 0 Å². The molecule has 0 aromatic rings. The van der Waals surface area contributed by atoms with Crippen molar-refractivity contribution in [1.29, 1.82) is 0 Å². The van der Waals surface area contributed by atoms with Gasteiger partial charge < -0.3 is 11.1 Å². The number of carbonyl (C=O) groups excluding carboxylic acids is 1. The fourth-order valence-corrected chi connectivity index (χ4v) is 3.38. The summed E-state index contributed by atoms with van der Waals surface area (Å²) < 4.78 is 0. The summed E-state index contributed by atoms with van der Waals surface area (Å²) in [4.78, 5) is 14.1. The first-order valence-electron chi connectivity index (χ1n) is 6.71. The van der Waals surface area contributed by atoms with E-state index in [2.05, 4.69) is 24.1 Å². The van der Waals surface area contributed by atoms with Crippen molar-refractivity contribution in [3.63, 3.8) is 0 Å². The van der Waals surface area contributed by atoms with Crippen LogP contribution < -0.4 is 11.1 Å². The van der Waals surface area contributed by atoms with E-state index in [1.807, 2.05) is 7.05 Å². The van der Waals surface area contributed by atoms with E-state index in [0.717, 1.165) is 31.1 Å². The van der Waals surface area contributed by atoms with Gasteiger partial charge in [-0.2, -0.15) is 0 Å². The number of likely N-dealkylation sites (N-methyl/N-ethyl adjacent to an activating group) is 1. The van der Waals surface area contributed by atoms with Crippen LogP contribution in [0.15, 0.2) is 0 Å². The highest BCUT2D eigenvalue weighted by Gasteiger charge is 2.46. The molecule has 1 saturated heterocycles. The third-order valence-corrected chi connectivity index (χ3v) is 4.97. The Balaban J connectivity index is 2.00. The maximum Gasteiger partial charge on any atom is 0.237 e. The van der Waals surface area contributed by atoms with Crippen LogP contribution >= 0.6 is 0 Å². The van der Waals surface area contributed by atoms with Crippen molar-refractivity contribution in [2.24, 2.45) is 17.6 Å². The van der Waals surface area contributed by atoms with Gasteiger partial charge in [0.25, 0.3) is 0 Å². The van der Waals surface area contributed by atoms with Crippen molar-refractivity contribution in [3.8, 4) is 0 Å². The highest BCUT2D eigenvalue weighted by Crippen LogP contribution is 2.36. The minimum Gasteiger partial charge on any atom is -0.368 e. The monoisotopic (exact) mass is 239 g/mol. The lowest BCUT2D eigenvalue weighted by atomic mass is 9.96. The number of likely N-dealkylation sites (tertiary alicyclic amines) is 1. The van der Waals surface area contributed by atoms with Gasteiger partial charge in [-0.3, -0.25) is 9.69 Å². The quantitative estimate of drug-likeness (QED) is 0.757. The van der Waals surface area contributed by atoms with Gasteiger partial charge in [-0.25, -0.2) is 0 Å². The highest BCUT2D eigenvalue weighted by molar-refractivity contribution is 5.85.